The first-order chi connectivity index (χ1) is 17.5. The van der Waals surface area contributed by atoms with Gasteiger partial charge in [0.15, 0.2) is 11.0 Å². The van der Waals surface area contributed by atoms with Crippen molar-refractivity contribution in [2.75, 3.05) is 11.1 Å². The number of nitrogens with zero attached hydrogens (tertiary/aromatic N) is 5. The first kappa shape index (κ1) is 23.1. The van der Waals surface area contributed by atoms with Gasteiger partial charge in [-0.2, -0.15) is 10.4 Å². The van der Waals surface area contributed by atoms with Gasteiger partial charge in [-0.15, -0.1) is 0 Å². The Labute approximate surface area is 210 Å². The molecule has 3 aromatic carbocycles. The molecule has 0 saturated heterocycles. The van der Waals surface area contributed by atoms with Crippen molar-refractivity contribution in [3.8, 4) is 17.4 Å². The van der Waals surface area contributed by atoms with E-state index in [1.165, 1.54) is 15.4 Å². The summed E-state index contributed by atoms with van der Waals surface area (Å²) in [6, 6.07) is 26.0. The number of hydrogen-bond acceptors (Lipinski definition) is 6. The van der Waals surface area contributed by atoms with E-state index < -0.39 is 0 Å². The van der Waals surface area contributed by atoms with Crippen LogP contribution in [0.25, 0.3) is 22.3 Å². The van der Waals surface area contributed by atoms with Gasteiger partial charge in [0, 0.05) is 0 Å². The van der Waals surface area contributed by atoms with Gasteiger partial charge in [0.2, 0.25) is 5.91 Å². The molecule has 5 aromatic rings. The lowest BCUT2D eigenvalue weighted by molar-refractivity contribution is -0.113. The second-order valence-electron chi connectivity index (χ2n) is 7.99. The number of rotatable bonds is 6. The molecule has 0 aliphatic rings. The molecule has 176 valence electrons. The predicted octanol–water partition coefficient (Wildman–Crippen LogP) is 4.48. The van der Waals surface area contributed by atoms with E-state index in [2.05, 4.69) is 21.5 Å². The number of benzene rings is 3. The van der Waals surface area contributed by atoms with E-state index in [-0.39, 0.29) is 28.6 Å². The van der Waals surface area contributed by atoms with Crippen LogP contribution in [0.3, 0.4) is 0 Å². The predicted molar refractivity (Wildman–Crippen MR) is 140 cm³/mol. The van der Waals surface area contributed by atoms with Crippen molar-refractivity contribution in [2.24, 2.45) is 0 Å². The van der Waals surface area contributed by atoms with Gasteiger partial charge in [-0.1, -0.05) is 59.8 Å². The summed E-state index contributed by atoms with van der Waals surface area (Å²) in [6.07, 6.45) is 1.41. The molecule has 0 spiro atoms. The molecule has 0 atom stereocenters. The van der Waals surface area contributed by atoms with Crippen LogP contribution >= 0.6 is 11.8 Å². The van der Waals surface area contributed by atoms with Gasteiger partial charge >= 0.3 is 0 Å². The molecule has 1 amide bonds. The summed E-state index contributed by atoms with van der Waals surface area (Å²) in [6.45, 7) is 1.97. The fourth-order valence-corrected chi connectivity index (χ4v) is 4.56. The monoisotopic (exact) mass is 492 g/mol. The van der Waals surface area contributed by atoms with E-state index in [1.807, 2.05) is 67.6 Å². The van der Waals surface area contributed by atoms with Crippen molar-refractivity contribution >= 4 is 34.4 Å². The number of carbonyl (C=O) groups excluding carboxylic acids is 1. The van der Waals surface area contributed by atoms with Crippen LogP contribution in [0.15, 0.2) is 95.0 Å². The molecule has 0 saturated carbocycles. The smallest absolute Gasteiger partial charge is 0.266 e. The van der Waals surface area contributed by atoms with Crippen LogP contribution in [0, 0.1) is 18.3 Å². The average Bonchev–Trinajstić information content (AvgIpc) is 3.31. The Morgan fingerprint density at radius 1 is 1.00 bits per heavy atom. The van der Waals surface area contributed by atoms with Crippen molar-refractivity contribution in [1.82, 2.24) is 19.3 Å². The summed E-state index contributed by atoms with van der Waals surface area (Å²) in [4.78, 5) is 31.0. The summed E-state index contributed by atoms with van der Waals surface area (Å²) >= 11 is 1.15. The maximum Gasteiger partial charge on any atom is 0.266 e. The Balaban J connectivity index is 1.46. The minimum absolute atomic E-state index is 0.0263. The summed E-state index contributed by atoms with van der Waals surface area (Å²) in [5.74, 6) is -0.0923. The van der Waals surface area contributed by atoms with Crippen LogP contribution in [-0.2, 0) is 4.79 Å². The number of hydrogen-bond donors (Lipinski definition) is 1. The highest BCUT2D eigenvalue weighted by atomic mass is 32.2. The lowest BCUT2D eigenvalue weighted by atomic mass is 10.2. The third kappa shape index (κ3) is 4.50. The minimum Gasteiger partial charge on any atom is -0.309 e. The van der Waals surface area contributed by atoms with Crippen LogP contribution in [0.4, 0.5) is 5.82 Å². The zero-order valence-electron chi connectivity index (χ0n) is 19.3. The number of carbonyl (C=O) groups is 1. The van der Waals surface area contributed by atoms with E-state index in [0.29, 0.717) is 27.4 Å². The Morgan fingerprint density at radius 2 is 1.72 bits per heavy atom. The van der Waals surface area contributed by atoms with Gasteiger partial charge in [-0.25, -0.2) is 9.67 Å². The standard InChI is InChI=1S/C27H20N6O2S/c1-18-11-13-20(14-12-18)32-26(35)22-9-5-6-10-23(22)30-27(32)36-17-24(34)31-25-19(15-28)16-29-33(25)21-7-3-2-4-8-21/h2-14,16H,17H2,1H3,(H,31,34). The fourth-order valence-electron chi connectivity index (χ4n) is 3.74. The second-order valence-corrected chi connectivity index (χ2v) is 8.93. The van der Waals surface area contributed by atoms with Gasteiger partial charge < -0.3 is 5.32 Å². The Kier molecular flexibility index (Phi) is 6.34. The van der Waals surface area contributed by atoms with Gasteiger partial charge in [0.05, 0.1) is 34.2 Å². The largest absolute Gasteiger partial charge is 0.309 e. The number of aromatic nitrogens is 4. The SMILES string of the molecule is Cc1ccc(-n2c(SCC(=O)Nc3c(C#N)cnn3-c3ccccc3)nc3ccccc3c2=O)cc1. The molecule has 0 fully saturated rings. The van der Waals surface area contributed by atoms with Gasteiger partial charge in [0.25, 0.3) is 5.56 Å². The number of anilines is 1. The number of thioether (sulfide) groups is 1. The third-order valence-electron chi connectivity index (χ3n) is 5.52. The topological polar surface area (TPSA) is 106 Å². The fraction of sp³-hybridized carbons (Fsp3) is 0.0741. The molecule has 5 rings (SSSR count). The number of fused-ring (bicyclic) bond motifs is 1. The van der Waals surface area contributed by atoms with E-state index in [0.717, 1.165) is 17.3 Å². The summed E-state index contributed by atoms with van der Waals surface area (Å²) in [5.41, 5.74) is 3.05. The van der Waals surface area contributed by atoms with Crippen molar-refractivity contribution in [3.05, 3.63) is 107 Å². The van der Waals surface area contributed by atoms with E-state index in [4.69, 9.17) is 0 Å². The molecule has 0 radical (unpaired) electrons. The highest BCUT2D eigenvalue weighted by molar-refractivity contribution is 7.99. The van der Waals surface area contributed by atoms with Crippen molar-refractivity contribution in [1.29, 1.82) is 5.26 Å². The second kappa shape index (κ2) is 9.90. The highest BCUT2D eigenvalue weighted by Gasteiger charge is 2.18. The van der Waals surface area contributed by atoms with E-state index >= 15 is 0 Å². The van der Waals surface area contributed by atoms with Gasteiger partial charge in [-0.3, -0.25) is 14.2 Å². The summed E-state index contributed by atoms with van der Waals surface area (Å²) in [5, 5.41) is 17.5. The summed E-state index contributed by atoms with van der Waals surface area (Å²) < 4.78 is 3.03. The van der Waals surface area contributed by atoms with Gasteiger partial charge in [-0.05, 0) is 43.3 Å². The van der Waals surface area contributed by atoms with Crippen LogP contribution in [-0.4, -0.2) is 31.0 Å². The molecule has 8 nitrogen and oxygen atoms in total. The van der Waals surface area contributed by atoms with E-state index in [1.54, 1.807) is 18.2 Å². The van der Waals surface area contributed by atoms with Crippen LogP contribution in [0.1, 0.15) is 11.1 Å². The molecular weight excluding hydrogens is 472 g/mol. The van der Waals surface area contributed by atoms with Crippen LogP contribution < -0.4 is 10.9 Å². The Bertz CT molecular complexity index is 1670. The highest BCUT2D eigenvalue weighted by Crippen LogP contribution is 2.23. The molecule has 0 unspecified atom stereocenters. The molecule has 9 heteroatoms. The molecule has 2 aromatic heterocycles. The van der Waals surface area contributed by atoms with Crippen molar-refractivity contribution in [2.45, 2.75) is 12.1 Å². The first-order valence-corrected chi connectivity index (χ1v) is 12.1. The zero-order chi connectivity index (χ0) is 25.1. The molecule has 2 heterocycles. The average molecular weight is 493 g/mol. The number of nitrogens with one attached hydrogen (secondary N) is 1. The third-order valence-corrected chi connectivity index (χ3v) is 6.46. The zero-order valence-corrected chi connectivity index (χ0v) is 20.1. The maximum absolute atomic E-state index is 13.4. The minimum atomic E-state index is -0.355. The molecule has 36 heavy (non-hydrogen) atoms. The lowest BCUT2D eigenvalue weighted by Crippen LogP contribution is -2.23. The Morgan fingerprint density at radius 3 is 2.47 bits per heavy atom. The van der Waals surface area contributed by atoms with Crippen LogP contribution in [0.2, 0.25) is 0 Å². The molecular formula is C27H20N6O2S. The molecule has 0 aliphatic heterocycles. The number of amides is 1. The van der Waals surface area contributed by atoms with Crippen molar-refractivity contribution < 1.29 is 4.79 Å². The molecule has 1 N–H and O–H groups in total. The molecule has 0 aliphatic carbocycles. The number of para-hydroxylation sites is 2. The Hall–Kier alpha value is -4.68. The molecule has 0 bridgehead atoms. The normalized spacial score (nSPS) is 10.8. The van der Waals surface area contributed by atoms with Gasteiger partial charge in [0.1, 0.15) is 11.6 Å². The number of aryl methyl sites for hydroxylation is 1. The number of nitriles is 1. The van der Waals surface area contributed by atoms with Crippen LogP contribution in [0.5, 0.6) is 0 Å². The lowest BCUT2D eigenvalue weighted by Gasteiger charge is -2.14. The maximum atomic E-state index is 13.4. The van der Waals surface area contributed by atoms with Crippen molar-refractivity contribution in [3.63, 3.8) is 0 Å². The quantitative estimate of drug-likeness (QED) is 0.277. The van der Waals surface area contributed by atoms with E-state index in [9.17, 15) is 14.9 Å². The first-order valence-electron chi connectivity index (χ1n) is 11.1. The summed E-state index contributed by atoms with van der Waals surface area (Å²) in [7, 11) is 0.